The lowest BCUT2D eigenvalue weighted by Crippen LogP contribution is -2.36. The number of rotatable bonds is 6. The fourth-order valence-corrected chi connectivity index (χ4v) is 1.83. The molecule has 1 aromatic heterocycles. The first kappa shape index (κ1) is 17.6. The summed E-state index contributed by atoms with van der Waals surface area (Å²) in [5, 5.41) is 14.0. The van der Waals surface area contributed by atoms with Gasteiger partial charge in [0.1, 0.15) is 0 Å². The second-order valence-corrected chi connectivity index (χ2v) is 6.26. The molecule has 0 saturated heterocycles. The molecule has 2 rings (SSSR count). The minimum atomic E-state index is -0.484. The lowest BCUT2D eigenvalue weighted by molar-refractivity contribution is -0.145. The molecule has 0 aliphatic rings. The summed E-state index contributed by atoms with van der Waals surface area (Å²) in [6.07, 6.45) is 0.0920. The highest BCUT2D eigenvalue weighted by atomic mass is 16.5. The van der Waals surface area contributed by atoms with Crippen LogP contribution in [0.25, 0.3) is 5.69 Å². The van der Waals surface area contributed by atoms with Gasteiger partial charge in [0.2, 0.25) is 5.91 Å². The number of aromatic nitrogens is 4. The van der Waals surface area contributed by atoms with E-state index in [9.17, 15) is 9.59 Å². The first-order chi connectivity index (χ1) is 11.4. The summed E-state index contributed by atoms with van der Waals surface area (Å²) in [5.74, 6) is -0.108. The van der Waals surface area contributed by atoms with Crippen LogP contribution in [0.5, 0.6) is 0 Å². The van der Waals surface area contributed by atoms with Gasteiger partial charge in [-0.25, -0.2) is 0 Å². The van der Waals surface area contributed by atoms with Crippen LogP contribution in [-0.4, -0.2) is 38.6 Å². The lowest BCUT2D eigenvalue weighted by Gasteiger charge is -2.17. The highest BCUT2D eigenvalue weighted by Gasteiger charge is 2.20. The van der Waals surface area contributed by atoms with Gasteiger partial charge in [0.15, 0.2) is 12.4 Å². The predicted molar refractivity (Wildman–Crippen MR) is 86.0 cm³/mol. The maximum Gasteiger partial charge on any atom is 0.308 e. The van der Waals surface area contributed by atoms with Crippen LogP contribution in [0.15, 0.2) is 30.3 Å². The number of nitrogens with zero attached hydrogens (tertiary/aromatic N) is 4. The van der Waals surface area contributed by atoms with Gasteiger partial charge >= 0.3 is 5.97 Å². The molecular weight excluding hydrogens is 310 g/mol. The first-order valence-corrected chi connectivity index (χ1v) is 7.64. The second-order valence-electron chi connectivity index (χ2n) is 6.26. The normalized spacial score (nSPS) is 11.1. The average Bonchev–Trinajstić information content (AvgIpc) is 3.01. The molecule has 0 fully saturated rings. The van der Waals surface area contributed by atoms with E-state index < -0.39 is 11.4 Å². The summed E-state index contributed by atoms with van der Waals surface area (Å²) in [7, 11) is 0. The van der Waals surface area contributed by atoms with Crippen LogP contribution in [0, 0.1) is 5.41 Å². The fraction of sp³-hybridized carbons (Fsp3) is 0.438. The number of amides is 1. The van der Waals surface area contributed by atoms with Crippen LogP contribution >= 0.6 is 0 Å². The number of nitrogens with one attached hydrogen (secondary N) is 1. The van der Waals surface area contributed by atoms with Crippen molar-refractivity contribution in [2.45, 2.75) is 33.8 Å². The Balaban J connectivity index is 1.81. The SMILES string of the molecule is CC(C)(C)C(=O)NCCC(=O)OCc1nnnn1-c1ccccc1. The first-order valence-electron chi connectivity index (χ1n) is 7.64. The standard InChI is InChI=1S/C16H21N5O3/c1-16(2,3)15(23)17-10-9-14(22)24-11-13-18-19-20-21(13)12-7-5-4-6-8-12/h4-8H,9-11H2,1-3H3,(H,17,23). The van der Waals surface area contributed by atoms with Gasteiger partial charge in [0.05, 0.1) is 12.1 Å². The van der Waals surface area contributed by atoms with E-state index >= 15 is 0 Å². The van der Waals surface area contributed by atoms with E-state index in [4.69, 9.17) is 4.74 Å². The van der Waals surface area contributed by atoms with Crippen molar-refractivity contribution in [1.29, 1.82) is 0 Å². The summed E-state index contributed by atoms with van der Waals surface area (Å²) in [4.78, 5) is 23.5. The molecule has 0 saturated carbocycles. The minimum Gasteiger partial charge on any atom is -0.457 e. The monoisotopic (exact) mass is 331 g/mol. The Bertz CT molecular complexity index is 691. The van der Waals surface area contributed by atoms with E-state index in [1.54, 1.807) is 0 Å². The molecule has 0 aliphatic heterocycles. The molecule has 0 bridgehead atoms. The van der Waals surface area contributed by atoms with Crippen molar-refractivity contribution in [1.82, 2.24) is 25.5 Å². The Hall–Kier alpha value is -2.77. The van der Waals surface area contributed by atoms with E-state index in [0.29, 0.717) is 5.82 Å². The smallest absolute Gasteiger partial charge is 0.308 e. The van der Waals surface area contributed by atoms with E-state index in [2.05, 4.69) is 20.8 Å². The topological polar surface area (TPSA) is 99.0 Å². The number of carbonyl (C=O) groups is 2. The van der Waals surface area contributed by atoms with E-state index in [-0.39, 0.29) is 25.5 Å². The number of hydrogen-bond donors (Lipinski definition) is 1. The molecular formula is C16H21N5O3. The van der Waals surface area contributed by atoms with Gasteiger partial charge in [-0.1, -0.05) is 39.0 Å². The molecule has 8 nitrogen and oxygen atoms in total. The van der Waals surface area contributed by atoms with Gasteiger partial charge in [-0.15, -0.1) is 5.10 Å². The summed E-state index contributed by atoms with van der Waals surface area (Å²) < 4.78 is 6.67. The molecule has 0 unspecified atom stereocenters. The molecule has 0 atom stereocenters. The van der Waals surface area contributed by atoms with Crippen LogP contribution < -0.4 is 5.32 Å². The van der Waals surface area contributed by atoms with Crippen LogP contribution in [-0.2, 0) is 20.9 Å². The van der Waals surface area contributed by atoms with Gasteiger partial charge in [0, 0.05) is 12.0 Å². The van der Waals surface area contributed by atoms with E-state index in [1.807, 2.05) is 51.1 Å². The summed E-state index contributed by atoms with van der Waals surface area (Å²) in [6.45, 7) is 5.63. The molecule has 1 aromatic carbocycles. The summed E-state index contributed by atoms with van der Waals surface area (Å²) in [5.41, 5.74) is 0.299. The van der Waals surface area contributed by atoms with Crippen molar-refractivity contribution in [2.75, 3.05) is 6.54 Å². The van der Waals surface area contributed by atoms with Crippen LogP contribution in [0.3, 0.4) is 0 Å². The Morgan fingerprint density at radius 1 is 1.21 bits per heavy atom. The molecule has 0 aliphatic carbocycles. The van der Waals surface area contributed by atoms with Gasteiger partial charge < -0.3 is 10.1 Å². The number of hydrogen-bond acceptors (Lipinski definition) is 6. The Kier molecular flexibility index (Phi) is 5.62. The third-order valence-electron chi connectivity index (χ3n) is 3.19. The highest BCUT2D eigenvalue weighted by molar-refractivity contribution is 5.81. The van der Waals surface area contributed by atoms with Crippen molar-refractivity contribution < 1.29 is 14.3 Å². The molecule has 24 heavy (non-hydrogen) atoms. The van der Waals surface area contributed by atoms with Gasteiger partial charge in [0.25, 0.3) is 0 Å². The number of benzene rings is 1. The van der Waals surface area contributed by atoms with Gasteiger partial charge in [-0.05, 0) is 22.6 Å². The zero-order chi connectivity index (χ0) is 17.6. The quantitative estimate of drug-likeness (QED) is 0.800. The molecule has 2 aromatic rings. The third kappa shape index (κ3) is 4.87. The highest BCUT2D eigenvalue weighted by Crippen LogP contribution is 2.12. The maximum absolute atomic E-state index is 11.8. The number of esters is 1. The molecule has 0 radical (unpaired) electrons. The molecule has 0 spiro atoms. The molecule has 128 valence electrons. The van der Waals surface area contributed by atoms with Gasteiger partial charge in [-0.2, -0.15) is 4.68 Å². The Morgan fingerprint density at radius 3 is 2.58 bits per heavy atom. The molecule has 8 heteroatoms. The van der Waals surface area contributed by atoms with Crippen molar-refractivity contribution in [3.63, 3.8) is 0 Å². The molecule has 1 N–H and O–H groups in total. The predicted octanol–water partition coefficient (Wildman–Crippen LogP) is 1.26. The Labute approximate surface area is 140 Å². The van der Waals surface area contributed by atoms with Crippen LogP contribution in [0.1, 0.15) is 33.0 Å². The van der Waals surface area contributed by atoms with Crippen molar-refractivity contribution >= 4 is 11.9 Å². The fourth-order valence-electron chi connectivity index (χ4n) is 1.83. The zero-order valence-corrected chi connectivity index (χ0v) is 14.0. The maximum atomic E-state index is 11.8. The van der Waals surface area contributed by atoms with Crippen molar-refractivity contribution in [2.24, 2.45) is 5.41 Å². The largest absolute Gasteiger partial charge is 0.457 e. The Morgan fingerprint density at radius 2 is 1.92 bits per heavy atom. The minimum absolute atomic E-state index is 0.0338. The number of carbonyl (C=O) groups excluding carboxylic acids is 2. The number of ether oxygens (including phenoxy) is 1. The van der Waals surface area contributed by atoms with Gasteiger partial charge in [-0.3, -0.25) is 9.59 Å². The number of para-hydroxylation sites is 1. The second kappa shape index (κ2) is 7.67. The van der Waals surface area contributed by atoms with Crippen LogP contribution in [0.4, 0.5) is 0 Å². The van der Waals surface area contributed by atoms with E-state index in [1.165, 1.54) is 4.68 Å². The van der Waals surface area contributed by atoms with E-state index in [0.717, 1.165) is 5.69 Å². The number of tetrazole rings is 1. The third-order valence-corrected chi connectivity index (χ3v) is 3.19. The van der Waals surface area contributed by atoms with Crippen molar-refractivity contribution in [3.8, 4) is 5.69 Å². The zero-order valence-electron chi connectivity index (χ0n) is 14.0. The summed E-state index contributed by atoms with van der Waals surface area (Å²) >= 11 is 0. The van der Waals surface area contributed by atoms with Crippen LogP contribution in [0.2, 0.25) is 0 Å². The van der Waals surface area contributed by atoms with Crippen molar-refractivity contribution in [3.05, 3.63) is 36.2 Å². The molecule has 1 amide bonds. The lowest BCUT2D eigenvalue weighted by atomic mass is 9.96. The average molecular weight is 331 g/mol. The molecule has 1 heterocycles. The summed E-state index contributed by atoms with van der Waals surface area (Å²) in [6, 6.07) is 9.32.